The minimum absolute atomic E-state index is 0. The van der Waals surface area contributed by atoms with E-state index in [2.05, 4.69) is 20.4 Å². The third-order valence-corrected chi connectivity index (χ3v) is 13.4. The Balaban J connectivity index is 0.000000128. The van der Waals surface area contributed by atoms with E-state index in [1.807, 2.05) is 114 Å². The fourth-order valence-corrected chi connectivity index (χ4v) is 9.73. The summed E-state index contributed by atoms with van der Waals surface area (Å²) in [5.41, 5.74) is 29.1. The average molecular weight is 917 g/mol. The molecule has 0 saturated carbocycles. The Labute approximate surface area is 394 Å². The van der Waals surface area contributed by atoms with Gasteiger partial charge < -0.3 is 36.0 Å². The maximum Gasteiger partial charge on any atom is 0.336 e. The summed E-state index contributed by atoms with van der Waals surface area (Å²) >= 11 is 0. The zero-order chi connectivity index (χ0) is 46.9. The molecule has 0 bridgehead atoms. The lowest BCUT2D eigenvalue weighted by molar-refractivity contribution is 0.0698. The summed E-state index contributed by atoms with van der Waals surface area (Å²) in [6, 6.07) is 22.6. The van der Waals surface area contributed by atoms with Crippen molar-refractivity contribution in [1.29, 1.82) is 0 Å². The molecule has 16 heteroatoms. The van der Waals surface area contributed by atoms with Crippen LogP contribution in [-0.2, 0) is 59.7 Å². The van der Waals surface area contributed by atoms with E-state index >= 15 is 0 Å². The van der Waals surface area contributed by atoms with Crippen molar-refractivity contribution < 1.29 is 19.5 Å². The van der Waals surface area contributed by atoms with Gasteiger partial charge in [0.1, 0.15) is 17.5 Å². The van der Waals surface area contributed by atoms with E-state index in [1.165, 1.54) is 33.5 Å². The standard InChI is InChI=1S/2C17H18N4O.C10H9NO2.C7H11N3.CH4/c1-20-10-9-11-12(6-4-8-14(11)20)17(22)21-15-7-3-2-5-13(15)16(18)19-21;1-20-10-9-11-12(6-4-8-15(11)20)17(22)21-16(18)13-5-2-3-7-14(13)19-21;1-11-6-5-7-8(10(12)13)3-2-4-9(7)11;8-7-5-3-1-2-4-6(5)9-10-7;/h4,6,8-10H,2-3,5,7H2,1H3,(H2,18,19);4,6,8-10H,2-3,5,7,18H2,1H3;2-6H,1H3,(H,12,13);1-4H2,(H3,8,9,10);1H4. The van der Waals surface area contributed by atoms with E-state index in [-0.39, 0.29) is 19.2 Å². The number of rotatable bonds is 3. The number of hydrogen-bond acceptors (Lipinski definition) is 9. The number of aromatic nitrogens is 9. The van der Waals surface area contributed by atoms with Crippen molar-refractivity contribution in [3.05, 3.63) is 142 Å². The fraction of sp³-hybridized carbons (Fsp3) is 0.308. The number of aromatic amines is 1. The van der Waals surface area contributed by atoms with Gasteiger partial charge in [0.25, 0.3) is 11.8 Å². The molecule has 9 aromatic rings. The first kappa shape index (κ1) is 46.6. The van der Waals surface area contributed by atoms with Gasteiger partial charge in [0.15, 0.2) is 0 Å². The number of nitrogens with one attached hydrogen (secondary N) is 1. The molecule has 0 atom stereocenters. The molecule has 0 unspecified atom stereocenters. The molecular weight excluding hydrogens is 857 g/mol. The molecule has 0 spiro atoms. The number of aryl methyl sites for hydroxylation is 5. The summed E-state index contributed by atoms with van der Waals surface area (Å²) in [5.74, 6) is 0.595. The lowest BCUT2D eigenvalue weighted by Gasteiger charge is -2.13. The maximum atomic E-state index is 13.0. The quantitative estimate of drug-likeness (QED) is 0.114. The van der Waals surface area contributed by atoms with Gasteiger partial charge in [-0.3, -0.25) is 14.7 Å². The number of carboxylic acid groups (broad SMARTS) is 1. The number of carbonyl (C=O) groups is 3. The minimum Gasteiger partial charge on any atom is -0.478 e. The Morgan fingerprint density at radius 3 is 1.56 bits per heavy atom. The molecule has 0 fully saturated rings. The van der Waals surface area contributed by atoms with Crippen LogP contribution in [0, 0.1) is 0 Å². The van der Waals surface area contributed by atoms with Gasteiger partial charge in [-0.1, -0.05) is 25.6 Å². The van der Waals surface area contributed by atoms with Gasteiger partial charge in [0, 0.05) is 94.8 Å². The molecular formula is C52H60N12O4. The Hall–Kier alpha value is -7.88. The topological polar surface area (TPSA) is 229 Å². The van der Waals surface area contributed by atoms with Crippen molar-refractivity contribution in [2.24, 2.45) is 21.1 Å². The van der Waals surface area contributed by atoms with Crippen molar-refractivity contribution in [3.8, 4) is 0 Å². The molecule has 0 saturated heterocycles. The summed E-state index contributed by atoms with van der Waals surface area (Å²) in [7, 11) is 5.84. The second kappa shape index (κ2) is 19.5. The SMILES string of the molecule is C.Cn1ccc2c(C(=O)O)cccc21.Cn1ccc2c(C(=O)n3nc(N)c4c3CCCC4)cccc21.Cn1ccc2c(C(=O)n3nc4c(c3N)CCCC4)cccc21.Nc1n[nH]c2c1CCCC2. The van der Waals surface area contributed by atoms with Gasteiger partial charge in [-0.05, 0) is 132 Å². The largest absolute Gasteiger partial charge is 0.478 e. The summed E-state index contributed by atoms with van der Waals surface area (Å²) in [5, 5.41) is 27.3. The van der Waals surface area contributed by atoms with E-state index < -0.39 is 5.97 Å². The summed E-state index contributed by atoms with van der Waals surface area (Å²) < 4.78 is 8.83. The minimum atomic E-state index is -0.878. The van der Waals surface area contributed by atoms with Crippen LogP contribution in [-0.4, -0.2) is 66.3 Å². The molecule has 6 aromatic heterocycles. The summed E-state index contributed by atoms with van der Waals surface area (Å²) in [6.45, 7) is 0. The number of carboxylic acids is 1. The van der Waals surface area contributed by atoms with Gasteiger partial charge in [0.05, 0.1) is 28.1 Å². The number of nitrogens with two attached hydrogens (primary N) is 3. The van der Waals surface area contributed by atoms with Crippen molar-refractivity contribution >= 4 is 67.9 Å². The van der Waals surface area contributed by atoms with Crippen LogP contribution in [0.5, 0.6) is 0 Å². The van der Waals surface area contributed by atoms with Gasteiger partial charge in [-0.25, -0.2) is 4.79 Å². The lowest BCUT2D eigenvalue weighted by atomic mass is 9.97. The van der Waals surface area contributed by atoms with Crippen molar-refractivity contribution in [2.45, 2.75) is 84.5 Å². The highest BCUT2D eigenvalue weighted by atomic mass is 16.4. The second-order valence-electron chi connectivity index (χ2n) is 17.5. The molecule has 0 radical (unpaired) electrons. The smallest absolute Gasteiger partial charge is 0.336 e. The van der Waals surface area contributed by atoms with E-state index in [0.717, 1.165) is 119 Å². The maximum absolute atomic E-state index is 13.0. The van der Waals surface area contributed by atoms with Gasteiger partial charge in [-0.2, -0.15) is 19.6 Å². The van der Waals surface area contributed by atoms with Crippen molar-refractivity contribution in [1.82, 2.24) is 43.5 Å². The highest BCUT2D eigenvalue weighted by Gasteiger charge is 2.26. The van der Waals surface area contributed by atoms with Crippen LogP contribution < -0.4 is 17.2 Å². The van der Waals surface area contributed by atoms with Crippen LogP contribution in [0.15, 0.2) is 91.4 Å². The first-order chi connectivity index (χ1) is 32.4. The molecule has 12 rings (SSSR count). The van der Waals surface area contributed by atoms with Crippen molar-refractivity contribution in [3.63, 3.8) is 0 Å². The second-order valence-corrected chi connectivity index (χ2v) is 17.5. The fourth-order valence-electron chi connectivity index (χ4n) is 9.73. The normalized spacial score (nSPS) is 13.7. The third-order valence-electron chi connectivity index (χ3n) is 13.4. The monoisotopic (exact) mass is 916 g/mol. The molecule has 0 aliphatic heterocycles. The first-order valence-electron chi connectivity index (χ1n) is 22.9. The highest BCUT2D eigenvalue weighted by Crippen LogP contribution is 2.30. The van der Waals surface area contributed by atoms with Crippen LogP contribution in [0.1, 0.15) is 111 Å². The molecule has 68 heavy (non-hydrogen) atoms. The van der Waals surface area contributed by atoms with Crippen molar-refractivity contribution in [2.75, 3.05) is 17.2 Å². The summed E-state index contributed by atoms with van der Waals surface area (Å²) in [4.78, 5) is 36.7. The molecule has 3 aliphatic rings. The third kappa shape index (κ3) is 8.76. The zero-order valence-electron chi connectivity index (χ0n) is 38.1. The van der Waals surface area contributed by atoms with Crippen LogP contribution in [0.4, 0.5) is 17.5 Å². The number of aromatic carboxylic acids is 1. The summed E-state index contributed by atoms with van der Waals surface area (Å²) in [6.07, 6.45) is 18.6. The number of benzene rings is 3. The number of nitrogens with zero attached hydrogens (tertiary/aromatic N) is 8. The highest BCUT2D eigenvalue weighted by molar-refractivity contribution is 6.09. The number of nitrogen functional groups attached to an aromatic ring is 3. The Morgan fingerprint density at radius 2 is 1.01 bits per heavy atom. The van der Waals surface area contributed by atoms with Crippen LogP contribution in [0.2, 0.25) is 0 Å². The predicted molar refractivity (Wildman–Crippen MR) is 268 cm³/mol. The predicted octanol–water partition coefficient (Wildman–Crippen LogP) is 8.43. The zero-order valence-corrected chi connectivity index (χ0v) is 38.1. The van der Waals surface area contributed by atoms with Gasteiger partial charge in [-0.15, -0.1) is 5.10 Å². The number of anilines is 3. The van der Waals surface area contributed by atoms with E-state index in [1.54, 1.807) is 12.1 Å². The molecule has 352 valence electrons. The Bertz CT molecular complexity index is 3320. The molecule has 8 N–H and O–H groups in total. The molecule has 3 aliphatic carbocycles. The van der Waals surface area contributed by atoms with Gasteiger partial charge >= 0.3 is 5.97 Å². The van der Waals surface area contributed by atoms with Crippen LogP contribution in [0.3, 0.4) is 0 Å². The number of fused-ring (bicyclic) bond motifs is 6. The van der Waals surface area contributed by atoms with Crippen LogP contribution in [0.25, 0.3) is 32.7 Å². The molecule has 3 aromatic carbocycles. The van der Waals surface area contributed by atoms with Gasteiger partial charge in [0.2, 0.25) is 0 Å². The molecule has 16 nitrogen and oxygen atoms in total. The number of carbonyl (C=O) groups excluding carboxylic acids is 2. The van der Waals surface area contributed by atoms with E-state index in [9.17, 15) is 14.4 Å². The Morgan fingerprint density at radius 1 is 0.544 bits per heavy atom. The first-order valence-corrected chi connectivity index (χ1v) is 22.9. The lowest BCUT2D eigenvalue weighted by Crippen LogP contribution is -2.18. The Kier molecular flexibility index (Phi) is 13.4. The molecule has 6 heterocycles. The van der Waals surface area contributed by atoms with E-state index in [4.69, 9.17) is 22.3 Å². The number of H-pyrrole nitrogens is 1. The van der Waals surface area contributed by atoms with E-state index in [0.29, 0.717) is 34.1 Å². The average Bonchev–Trinajstić information content (AvgIpc) is 4.23. The molecule has 0 amide bonds. The van der Waals surface area contributed by atoms with Crippen LogP contribution >= 0.6 is 0 Å². The number of hydrogen-bond donors (Lipinski definition) is 5.